The van der Waals surface area contributed by atoms with Crippen LogP contribution in [0.25, 0.3) is 0 Å². The number of aromatic nitrogens is 2. The minimum atomic E-state index is -0.927. The lowest BCUT2D eigenvalue weighted by molar-refractivity contribution is -0.386. The molecule has 35 heavy (non-hydrogen) atoms. The van der Waals surface area contributed by atoms with Crippen molar-refractivity contribution < 1.29 is 29.3 Å². The SMILES string of the molecule is CCCC[C@H](OCc1cn([C@H]2C[C@@H](O)C(CO)O2)c(=O)nc1N)c1cc(OC)c(I)cc1[N+](=O)[O-]. The molecular formula is C22H29IN4O8. The average molecular weight is 604 g/mol. The van der Waals surface area contributed by atoms with Gasteiger partial charge in [-0.25, -0.2) is 4.79 Å². The summed E-state index contributed by atoms with van der Waals surface area (Å²) in [7, 11) is 1.49. The van der Waals surface area contributed by atoms with Gasteiger partial charge in [-0.1, -0.05) is 19.8 Å². The predicted molar refractivity (Wildman–Crippen MR) is 134 cm³/mol. The quantitative estimate of drug-likeness (QED) is 0.197. The maximum atomic E-state index is 12.4. The number of aliphatic hydroxyl groups is 2. The monoisotopic (exact) mass is 604 g/mol. The molecule has 192 valence electrons. The van der Waals surface area contributed by atoms with Crippen molar-refractivity contribution in [2.45, 2.75) is 63.8 Å². The van der Waals surface area contributed by atoms with Crippen LogP contribution in [0.2, 0.25) is 0 Å². The van der Waals surface area contributed by atoms with E-state index in [9.17, 15) is 25.1 Å². The maximum absolute atomic E-state index is 12.4. The van der Waals surface area contributed by atoms with Crippen LogP contribution in [0, 0.1) is 13.7 Å². The Bertz CT molecular complexity index is 1110. The van der Waals surface area contributed by atoms with E-state index in [0.29, 0.717) is 26.9 Å². The van der Waals surface area contributed by atoms with Gasteiger partial charge in [-0.05, 0) is 35.1 Å². The van der Waals surface area contributed by atoms with Gasteiger partial charge in [-0.3, -0.25) is 14.7 Å². The molecule has 1 aliphatic rings. The largest absolute Gasteiger partial charge is 0.496 e. The molecule has 1 saturated heterocycles. The highest BCUT2D eigenvalue weighted by Crippen LogP contribution is 2.37. The van der Waals surface area contributed by atoms with Crippen LogP contribution in [-0.4, -0.2) is 50.6 Å². The van der Waals surface area contributed by atoms with Gasteiger partial charge < -0.3 is 30.2 Å². The number of methoxy groups -OCH3 is 1. The zero-order valence-electron chi connectivity index (χ0n) is 19.4. The topological polar surface area (TPSA) is 172 Å². The first kappa shape index (κ1) is 27.3. The van der Waals surface area contributed by atoms with E-state index in [1.807, 2.05) is 29.5 Å². The van der Waals surface area contributed by atoms with Crippen molar-refractivity contribution in [1.29, 1.82) is 0 Å². The van der Waals surface area contributed by atoms with Gasteiger partial charge in [0.25, 0.3) is 5.69 Å². The van der Waals surface area contributed by atoms with Crippen molar-refractivity contribution in [1.82, 2.24) is 9.55 Å². The minimum absolute atomic E-state index is 0.0348. The Morgan fingerprint density at radius 2 is 2.20 bits per heavy atom. The van der Waals surface area contributed by atoms with E-state index in [2.05, 4.69) is 4.98 Å². The van der Waals surface area contributed by atoms with Crippen molar-refractivity contribution in [3.05, 3.63) is 53.6 Å². The van der Waals surface area contributed by atoms with Gasteiger partial charge in [-0.15, -0.1) is 0 Å². The summed E-state index contributed by atoms with van der Waals surface area (Å²) < 4.78 is 18.9. The summed E-state index contributed by atoms with van der Waals surface area (Å²) in [4.78, 5) is 27.6. The summed E-state index contributed by atoms with van der Waals surface area (Å²) >= 11 is 1.98. The van der Waals surface area contributed by atoms with Crippen LogP contribution in [-0.2, 0) is 16.1 Å². The molecule has 0 spiro atoms. The molecule has 1 aromatic carbocycles. The molecule has 3 rings (SSSR count). The Morgan fingerprint density at radius 3 is 2.80 bits per heavy atom. The average Bonchev–Trinajstić information content (AvgIpc) is 3.20. The van der Waals surface area contributed by atoms with Crippen LogP contribution in [0.3, 0.4) is 0 Å². The summed E-state index contributed by atoms with van der Waals surface area (Å²) in [5.74, 6) is 0.467. The maximum Gasteiger partial charge on any atom is 0.351 e. The summed E-state index contributed by atoms with van der Waals surface area (Å²) in [6.45, 7) is 1.55. The van der Waals surface area contributed by atoms with E-state index >= 15 is 0 Å². The van der Waals surface area contributed by atoms with E-state index in [1.54, 1.807) is 6.07 Å². The van der Waals surface area contributed by atoms with Crippen molar-refractivity contribution in [3.8, 4) is 5.75 Å². The van der Waals surface area contributed by atoms with E-state index < -0.39 is 35.2 Å². The number of nitrogens with two attached hydrogens (primary N) is 1. The van der Waals surface area contributed by atoms with Crippen LogP contribution in [0.15, 0.2) is 23.1 Å². The minimum Gasteiger partial charge on any atom is -0.496 e. The van der Waals surface area contributed by atoms with Gasteiger partial charge in [0, 0.05) is 24.2 Å². The standard InChI is InChI=1S/C22H29IN4O8/c1-3-4-5-17(13-6-18(33-2)14(23)7-15(13)27(31)32)34-11-12-9-26(22(30)25-21(12)24)20-8-16(29)19(10-28)35-20/h6-7,9,16-17,19-20,28-29H,3-5,8,10-11H2,1-2H3,(H2,24,25,30)/t16-,17+,19?,20-/m1/s1. The fourth-order valence-electron chi connectivity index (χ4n) is 3.93. The highest BCUT2D eigenvalue weighted by Gasteiger charge is 2.35. The van der Waals surface area contributed by atoms with Gasteiger partial charge >= 0.3 is 5.69 Å². The number of rotatable bonds is 11. The molecule has 4 N–H and O–H groups in total. The fraction of sp³-hybridized carbons (Fsp3) is 0.545. The zero-order chi connectivity index (χ0) is 25.7. The number of hydrogen-bond donors (Lipinski definition) is 3. The van der Waals surface area contributed by atoms with Crippen molar-refractivity contribution in [2.24, 2.45) is 0 Å². The molecule has 13 heteroatoms. The van der Waals surface area contributed by atoms with Gasteiger partial charge in [0.05, 0.1) is 46.6 Å². The number of nitro benzene ring substituents is 1. The van der Waals surface area contributed by atoms with Crippen molar-refractivity contribution in [3.63, 3.8) is 0 Å². The molecule has 1 unspecified atom stereocenters. The first-order valence-electron chi connectivity index (χ1n) is 11.1. The second kappa shape index (κ2) is 12.1. The lowest BCUT2D eigenvalue weighted by Crippen LogP contribution is -2.29. The molecule has 0 amide bonds. The Balaban J connectivity index is 1.91. The fourth-order valence-corrected chi connectivity index (χ4v) is 4.60. The highest BCUT2D eigenvalue weighted by molar-refractivity contribution is 14.1. The molecule has 0 bridgehead atoms. The predicted octanol–water partition coefficient (Wildman–Crippen LogP) is 2.44. The number of anilines is 1. The number of benzene rings is 1. The number of hydrogen-bond acceptors (Lipinski definition) is 10. The van der Waals surface area contributed by atoms with E-state index in [1.165, 1.54) is 23.9 Å². The number of ether oxygens (including phenoxy) is 3. The van der Waals surface area contributed by atoms with Gasteiger partial charge in [0.1, 0.15) is 23.9 Å². The van der Waals surface area contributed by atoms with Crippen LogP contribution in [0.5, 0.6) is 5.75 Å². The summed E-state index contributed by atoms with van der Waals surface area (Å²) in [5, 5.41) is 31.1. The number of unbranched alkanes of at least 4 members (excludes halogenated alkanes) is 1. The third kappa shape index (κ3) is 6.27. The number of nitrogens with zero attached hydrogens (tertiary/aromatic N) is 3. The highest BCUT2D eigenvalue weighted by atomic mass is 127. The second-order valence-electron chi connectivity index (χ2n) is 8.20. The van der Waals surface area contributed by atoms with E-state index in [4.69, 9.17) is 19.9 Å². The molecule has 2 aromatic rings. The molecule has 0 aliphatic carbocycles. The van der Waals surface area contributed by atoms with Gasteiger partial charge in [0.15, 0.2) is 0 Å². The molecule has 4 atom stereocenters. The number of nitrogen functional groups attached to an aromatic ring is 1. The molecule has 1 aromatic heterocycles. The molecular weight excluding hydrogens is 575 g/mol. The first-order valence-corrected chi connectivity index (χ1v) is 12.2. The molecule has 2 heterocycles. The Kier molecular flexibility index (Phi) is 9.40. The third-order valence-electron chi connectivity index (χ3n) is 5.86. The number of halogens is 1. The molecule has 0 radical (unpaired) electrons. The summed E-state index contributed by atoms with van der Waals surface area (Å²) in [5.41, 5.74) is 6.01. The van der Waals surface area contributed by atoms with Crippen LogP contribution >= 0.6 is 22.6 Å². The van der Waals surface area contributed by atoms with Crippen LogP contribution < -0.4 is 16.2 Å². The van der Waals surface area contributed by atoms with Gasteiger partial charge in [-0.2, -0.15) is 4.98 Å². The Morgan fingerprint density at radius 1 is 1.46 bits per heavy atom. The van der Waals surface area contributed by atoms with E-state index in [-0.39, 0.29) is 31.1 Å². The Hall–Kier alpha value is -2.33. The zero-order valence-corrected chi connectivity index (χ0v) is 21.6. The van der Waals surface area contributed by atoms with Crippen LogP contribution in [0.1, 0.15) is 56.1 Å². The smallest absolute Gasteiger partial charge is 0.351 e. The Labute approximate surface area is 215 Å². The first-order chi connectivity index (χ1) is 16.7. The van der Waals surface area contributed by atoms with Crippen LogP contribution in [0.4, 0.5) is 11.5 Å². The molecule has 12 nitrogen and oxygen atoms in total. The third-order valence-corrected chi connectivity index (χ3v) is 6.70. The van der Waals surface area contributed by atoms with Crippen molar-refractivity contribution in [2.75, 3.05) is 19.5 Å². The summed E-state index contributed by atoms with van der Waals surface area (Å²) in [6, 6.07) is 3.07. The molecule has 1 fully saturated rings. The number of aliphatic hydroxyl groups excluding tert-OH is 2. The summed E-state index contributed by atoms with van der Waals surface area (Å²) in [6.07, 6.45) is 0.499. The normalized spacial score (nSPS) is 20.7. The van der Waals surface area contributed by atoms with Crippen molar-refractivity contribution >= 4 is 34.1 Å². The second-order valence-corrected chi connectivity index (χ2v) is 9.36. The lowest BCUT2D eigenvalue weighted by Gasteiger charge is -2.21. The number of nitro groups is 1. The lowest BCUT2D eigenvalue weighted by atomic mass is 10.0. The van der Waals surface area contributed by atoms with E-state index in [0.717, 1.165) is 12.8 Å². The molecule has 0 saturated carbocycles. The molecule has 1 aliphatic heterocycles. The van der Waals surface area contributed by atoms with Gasteiger partial charge in [0.2, 0.25) is 0 Å².